The molecule has 0 spiro atoms. The SMILES string of the molecule is CCCCn1c(SCC(=O)NC2CCCCC2)nnc1C(CC)N(C)C. The summed E-state index contributed by atoms with van der Waals surface area (Å²) in [6, 6.07) is 0.619. The molecular weight excluding hydrogens is 346 g/mol. The molecule has 1 aromatic rings. The number of rotatable bonds is 10. The van der Waals surface area contributed by atoms with E-state index in [4.69, 9.17) is 0 Å². The van der Waals surface area contributed by atoms with Crippen molar-refractivity contribution in [1.29, 1.82) is 0 Å². The number of hydrogen-bond acceptors (Lipinski definition) is 5. The van der Waals surface area contributed by atoms with E-state index < -0.39 is 0 Å². The highest BCUT2D eigenvalue weighted by atomic mass is 32.2. The summed E-state index contributed by atoms with van der Waals surface area (Å²) in [6.45, 7) is 5.28. The molecule has 1 atom stereocenters. The summed E-state index contributed by atoms with van der Waals surface area (Å²) in [4.78, 5) is 14.5. The van der Waals surface area contributed by atoms with Gasteiger partial charge in [-0.2, -0.15) is 0 Å². The summed E-state index contributed by atoms with van der Waals surface area (Å²) in [7, 11) is 4.16. The molecule has 1 saturated carbocycles. The van der Waals surface area contributed by atoms with Crippen LogP contribution in [0.1, 0.15) is 77.1 Å². The monoisotopic (exact) mass is 381 g/mol. The van der Waals surface area contributed by atoms with Crippen molar-refractivity contribution in [2.75, 3.05) is 19.8 Å². The molecule has 1 amide bonds. The van der Waals surface area contributed by atoms with Gasteiger partial charge in [0.15, 0.2) is 11.0 Å². The minimum atomic E-state index is 0.119. The van der Waals surface area contributed by atoms with Gasteiger partial charge in [-0.1, -0.05) is 51.3 Å². The third-order valence-electron chi connectivity index (χ3n) is 5.09. The maximum atomic E-state index is 12.3. The Labute approximate surface area is 162 Å². The van der Waals surface area contributed by atoms with Crippen LogP contribution >= 0.6 is 11.8 Å². The van der Waals surface area contributed by atoms with Crippen LogP contribution in [0.25, 0.3) is 0 Å². The van der Waals surface area contributed by atoms with Crippen molar-refractivity contribution < 1.29 is 4.79 Å². The van der Waals surface area contributed by atoms with E-state index in [9.17, 15) is 4.79 Å². The average molecular weight is 382 g/mol. The zero-order valence-corrected chi connectivity index (χ0v) is 17.6. The van der Waals surface area contributed by atoms with Crippen molar-refractivity contribution in [3.05, 3.63) is 5.82 Å². The van der Waals surface area contributed by atoms with E-state index in [1.165, 1.54) is 31.0 Å². The van der Waals surface area contributed by atoms with Crippen LogP contribution in [0.15, 0.2) is 5.16 Å². The van der Waals surface area contributed by atoms with Crippen molar-refractivity contribution in [2.45, 2.75) is 89.0 Å². The standard InChI is InChI=1S/C19H35N5OS/c1-5-7-13-24-18(16(6-2)23(3)4)21-22-19(24)26-14-17(25)20-15-11-9-8-10-12-15/h15-16H,5-14H2,1-4H3,(H,20,25). The summed E-state index contributed by atoms with van der Waals surface area (Å²) >= 11 is 1.51. The zero-order valence-electron chi connectivity index (χ0n) is 16.8. The fourth-order valence-electron chi connectivity index (χ4n) is 3.60. The van der Waals surface area contributed by atoms with E-state index in [0.29, 0.717) is 11.8 Å². The first-order valence-electron chi connectivity index (χ1n) is 10.1. The van der Waals surface area contributed by atoms with Gasteiger partial charge >= 0.3 is 0 Å². The third-order valence-corrected chi connectivity index (χ3v) is 6.06. The van der Waals surface area contributed by atoms with E-state index in [1.807, 2.05) is 0 Å². The molecule has 0 saturated heterocycles. The van der Waals surface area contributed by atoms with Gasteiger partial charge in [0.2, 0.25) is 5.91 Å². The van der Waals surface area contributed by atoms with Gasteiger partial charge in [0, 0.05) is 12.6 Å². The van der Waals surface area contributed by atoms with Gasteiger partial charge in [-0.3, -0.25) is 9.69 Å². The fourth-order valence-corrected chi connectivity index (χ4v) is 4.39. The predicted molar refractivity (Wildman–Crippen MR) is 107 cm³/mol. The van der Waals surface area contributed by atoms with E-state index in [0.717, 1.165) is 49.6 Å². The smallest absolute Gasteiger partial charge is 0.230 e. The third kappa shape index (κ3) is 5.98. The van der Waals surface area contributed by atoms with E-state index in [1.54, 1.807) is 0 Å². The maximum Gasteiger partial charge on any atom is 0.230 e. The molecule has 1 unspecified atom stereocenters. The van der Waals surface area contributed by atoms with Gasteiger partial charge in [0.1, 0.15) is 0 Å². The first kappa shape index (κ1) is 21.2. The van der Waals surface area contributed by atoms with Crippen LogP contribution in [0.3, 0.4) is 0 Å². The molecule has 148 valence electrons. The summed E-state index contributed by atoms with van der Waals surface area (Å²) in [5, 5.41) is 12.9. The molecule has 26 heavy (non-hydrogen) atoms. The molecule has 1 aromatic heterocycles. The zero-order chi connectivity index (χ0) is 18.9. The quantitative estimate of drug-likeness (QED) is 0.627. The number of unbranched alkanes of at least 4 members (excludes halogenated alkanes) is 1. The Morgan fingerprint density at radius 1 is 1.27 bits per heavy atom. The Morgan fingerprint density at radius 2 is 2.00 bits per heavy atom. The van der Waals surface area contributed by atoms with Gasteiger partial charge in [0.25, 0.3) is 0 Å². The highest BCUT2D eigenvalue weighted by Gasteiger charge is 2.22. The number of nitrogens with zero attached hydrogens (tertiary/aromatic N) is 4. The largest absolute Gasteiger partial charge is 0.353 e. The lowest BCUT2D eigenvalue weighted by Gasteiger charge is -2.23. The number of carbonyl (C=O) groups excluding carboxylic acids is 1. The second-order valence-electron chi connectivity index (χ2n) is 7.42. The molecule has 0 aliphatic heterocycles. The summed E-state index contributed by atoms with van der Waals surface area (Å²) in [5.74, 6) is 1.55. The van der Waals surface area contributed by atoms with Crippen molar-refractivity contribution in [2.24, 2.45) is 0 Å². The molecular formula is C19H35N5OS. The van der Waals surface area contributed by atoms with E-state index in [2.05, 4.69) is 52.9 Å². The molecule has 1 aliphatic rings. The number of thioether (sulfide) groups is 1. The van der Waals surface area contributed by atoms with Crippen LogP contribution in [0.2, 0.25) is 0 Å². The Bertz CT molecular complexity index is 554. The lowest BCUT2D eigenvalue weighted by atomic mass is 9.95. The van der Waals surface area contributed by atoms with Gasteiger partial charge < -0.3 is 9.88 Å². The molecule has 0 aromatic carbocycles. The van der Waals surface area contributed by atoms with Crippen LogP contribution in [0.5, 0.6) is 0 Å². The number of hydrogen-bond donors (Lipinski definition) is 1. The highest BCUT2D eigenvalue weighted by molar-refractivity contribution is 7.99. The first-order chi connectivity index (χ1) is 12.6. The average Bonchev–Trinajstić information content (AvgIpc) is 3.02. The number of nitrogens with one attached hydrogen (secondary N) is 1. The van der Waals surface area contributed by atoms with Gasteiger partial charge in [-0.05, 0) is 39.8 Å². The second kappa shape index (κ2) is 10.9. The van der Waals surface area contributed by atoms with Crippen molar-refractivity contribution >= 4 is 17.7 Å². The maximum absolute atomic E-state index is 12.3. The molecule has 1 fully saturated rings. The summed E-state index contributed by atoms with van der Waals surface area (Å²) < 4.78 is 2.22. The fraction of sp³-hybridized carbons (Fsp3) is 0.842. The number of carbonyl (C=O) groups is 1. The lowest BCUT2D eigenvalue weighted by molar-refractivity contribution is -0.119. The molecule has 1 N–H and O–H groups in total. The summed E-state index contributed by atoms with van der Waals surface area (Å²) in [5.41, 5.74) is 0. The highest BCUT2D eigenvalue weighted by Crippen LogP contribution is 2.26. The van der Waals surface area contributed by atoms with Crippen LogP contribution in [0.4, 0.5) is 0 Å². The van der Waals surface area contributed by atoms with Gasteiger partial charge in [-0.25, -0.2) is 0 Å². The Kier molecular flexibility index (Phi) is 8.91. The summed E-state index contributed by atoms with van der Waals surface area (Å²) in [6.07, 6.45) is 9.21. The molecule has 0 bridgehead atoms. The molecule has 2 rings (SSSR count). The van der Waals surface area contributed by atoms with Gasteiger partial charge in [-0.15, -0.1) is 10.2 Å². The molecule has 1 aliphatic carbocycles. The molecule has 1 heterocycles. The number of amides is 1. The van der Waals surface area contributed by atoms with Crippen LogP contribution in [0, 0.1) is 0 Å². The van der Waals surface area contributed by atoms with Crippen molar-refractivity contribution in [3.63, 3.8) is 0 Å². The van der Waals surface area contributed by atoms with Crippen LogP contribution in [-0.2, 0) is 11.3 Å². The second-order valence-corrected chi connectivity index (χ2v) is 8.37. The van der Waals surface area contributed by atoms with Crippen molar-refractivity contribution in [1.82, 2.24) is 25.0 Å². The normalized spacial score (nSPS) is 16.8. The minimum absolute atomic E-state index is 0.119. The number of aromatic nitrogens is 3. The van der Waals surface area contributed by atoms with Gasteiger partial charge in [0.05, 0.1) is 11.8 Å². The minimum Gasteiger partial charge on any atom is -0.353 e. The van der Waals surface area contributed by atoms with E-state index >= 15 is 0 Å². The van der Waals surface area contributed by atoms with Crippen LogP contribution < -0.4 is 5.32 Å². The molecule has 6 nitrogen and oxygen atoms in total. The van der Waals surface area contributed by atoms with Crippen molar-refractivity contribution in [3.8, 4) is 0 Å². The van der Waals surface area contributed by atoms with E-state index in [-0.39, 0.29) is 11.9 Å². The predicted octanol–water partition coefficient (Wildman–Crippen LogP) is 3.63. The first-order valence-corrected chi connectivity index (χ1v) is 11.1. The molecule has 7 heteroatoms. The Hall–Kier alpha value is -1.08. The molecule has 0 radical (unpaired) electrons. The van der Waals surface area contributed by atoms with Crippen LogP contribution in [-0.4, -0.2) is 51.5 Å². The Balaban J connectivity index is 2.00. The Morgan fingerprint density at radius 3 is 2.62 bits per heavy atom. The topological polar surface area (TPSA) is 63.1 Å². The lowest BCUT2D eigenvalue weighted by Crippen LogP contribution is -2.37.